The molecule has 13 heteroatoms. The second kappa shape index (κ2) is 5.84. The smallest absolute Gasteiger partial charge is 0.263 e. The summed E-state index contributed by atoms with van der Waals surface area (Å²) < 4.78 is 1.40. The molecule has 2 amide bonds. The number of imide groups is 1. The largest absolute Gasteiger partial charge is 0.398 e. The number of nitrogens with zero attached hydrogens (tertiary/aromatic N) is 2. The number of carbonyl (C=O) groups is 2. The Bertz CT molecular complexity index is 1080. The van der Waals surface area contributed by atoms with Gasteiger partial charge in [0.05, 0.1) is 16.3 Å². The van der Waals surface area contributed by atoms with Gasteiger partial charge in [-0.2, -0.15) is 0 Å². The van der Waals surface area contributed by atoms with Crippen molar-refractivity contribution in [2.45, 2.75) is 23.4 Å². The summed E-state index contributed by atoms with van der Waals surface area (Å²) in [4.78, 5) is 43.4. The molecule has 0 saturated carbocycles. The maximum Gasteiger partial charge on any atom is 0.263 e. The van der Waals surface area contributed by atoms with Crippen LogP contribution in [-0.2, 0) is 15.0 Å². The first-order chi connectivity index (χ1) is 12.4. The summed E-state index contributed by atoms with van der Waals surface area (Å²) in [7, 11) is 10.9. The van der Waals surface area contributed by atoms with Gasteiger partial charge in [-0.15, -0.1) is 0 Å². The SMILES string of the molecule is Bc1cc(N)c2c(=O)n(C3(B)C(=O)NC(=O)C(B)C3(B)B)c(C)nc2c1B. The Morgan fingerprint density at radius 3 is 2.41 bits per heavy atom. The Hall–Kier alpha value is -2.31. The number of carbonyl (C=O) groups excluding carboxylic acids is 2. The predicted molar refractivity (Wildman–Crippen MR) is 123 cm³/mol. The molecule has 1 saturated heterocycles. The Morgan fingerprint density at radius 1 is 1.22 bits per heavy atom. The van der Waals surface area contributed by atoms with Gasteiger partial charge >= 0.3 is 0 Å². The number of nitrogen functional groups attached to an aromatic ring is 1. The third-order valence-corrected chi connectivity index (χ3v) is 6.71. The number of amides is 2. The summed E-state index contributed by atoms with van der Waals surface area (Å²) in [5, 5.41) is 1.90. The lowest BCUT2D eigenvalue weighted by Gasteiger charge is -2.51. The fourth-order valence-electron chi connectivity index (χ4n) is 4.06. The van der Waals surface area contributed by atoms with Crippen molar-refractivity contribution in [1.82, 2.24) is 14.9 Å². The summed E-state index contributed by atoms with van der Waals surface area (Å²) in [5.74, 6) is -0.913. The van der Waals surface area contributed by atoms with Crippen molar-refractivity contribution in [1.29, 1.82) is 0 Å². The van der Waals surface area contributed by atoms with Crippen molar-refractivity contribution >= 4 is 86.4 Å². The molecule has 1 aliphatic heterocycles. The van der Waals surface area contributed by atoms with E-state index in [2.05, 4.69) is 10.3 Å². The molecule has 0 radical (unpaired) electrons. The standard InChI is InChI=1S/C14H20B6N4O3/c1-3-22-8-6(5(21)2-4(15)7(8)16)11(26)24(3)14(20)12(27)23-10(25)9(17)13(14,18)19/h2,9H,15-21H2,1H3,(H,23,25,27). The summed E-state index contributed by atoms with van der Waals surface area (Å²) in [5.41, 5.74) is 7.21. The lowest BCUT2D eigenvalue weighted by molar-refractivity contribution is -0.138. The Labute approximate surface area is 162 Å². The van der Waals surface area contributed by atoms with Crippen LogP contribution >= 0.6 is 0 Å². The van der Waals surface area contributed by atoms with Gasteiger partial charge in [0.25, 0.3) is 5.56 Å². The summed E-state index contributed by atoms with van der Waals surface area (Å²) >= 11 is 0. The number of nitrogens with two attached hydrogens (primary N) is 1. The van der Waals surface area contributed by atoms with Crippen molar-refractivity contribution in [3.8, 4) is 0 Å². The van der Waals surface area contributed by atoms with Crippen LogP contribution in [0.25, 0.3) is 10.9 Å². The van der Waals surface area contributed by atoms with Gasteiger partial charge in [-0.05, 0) is 13.0 Å². The van der Waals surface area contributed by atoms with E-state index >= 15 is 0 Å². The zero-order chi connectivity index (χ0) is 20.5. The molecule has 1 fully saturated rings. The van der Waals surface area contributed by atoms with Crippen LogP contribution in [0.15, 0.2) is 10.9 Å². The number of rotatable bonds is 1. The molecule has 2 heterocycles. The predicted octanol–water partition coefficient (Wildman–Crippen LogP) is -7.45. The lowest BCUT2D eigenvalue weighted by Crippen LogP contribution is -2.68. The molecule has 7 nitrogen and oxygen atoms in total. The average Bonchev–Trinajstić information content (AvgIpc) is 2.56. The van der Waals surface area contributed by atoms with Crippen molar-refractivity contribution in [3.63, 3.8) is 0 Å². The van der Waals surface area contributed by atoms with Crippen molar-refractivity contribution in [2.75, 3.05) is 5.73 Å². The van der Waals surface area contributed by atoms with Crippen molar-refractivity contribution < 1.29 is 9.59 Å². The first-order valence-corrected chi connectivity index (χ1v) is 9.00. The minimum absolute atomic E-state index is 0.304. The zero-order valence-electron chi connectivity index (χ0n) is 16.9. The molecule has 2 unspecified atom stereocenters. The van der Waals surface area contributed by atoms with Crippen LogP contribution in [0.4, 0.5) is 5.69 Å². The van der Waals surface area contributed by atoms with Gasteiger partial charge < -0.3 is 5.73 Å². The second-order valence-electron chi connectivity index (χ2n) is 8.26. The van der Waals surface area contributed by atoms with Crippen LogP contribution in [0.5, 0.6) is 0 Å². The van der Waals surface area contributed by atoms with Gasteiger partial charge in [0.15, 0.2) is 0 Å². The van der Waals surface area contributed by atoms with Crippen LogP contribution in [0, 0.1) is 6.92 Å². The number of benzene rings is 1. The Balaban J connectivity index is 2.46. The number of hydrogen-bond acceptors (Lipinski definition) is 5. The number of aromatic nitrogens is 2. The van der Waals surface area contributed by atoms with Gasteiger partial charge in [-0.25, -0.2) is 4.98 Å². The lowest BCUT2D eigenvalue weighted by atomic mass is 9.31. The van der Waals surface area contributed by atoms with Crippen LogP contribution in [0.3, 0.4) is 0 Å². The molecule has 0 bridgehead atoms. The highest BCUT2D eigenvalue weighted by Gasteiger charge is 2.57. The number of fused-ring (bicyclic) bond motifs is 1. The number of hydrogen-bond donors (Lipinski definition) is 2. The number of aryl methyl sites for hydroxylation is 1. The maximum absolute atomic E-state index is 13.5. The first kappa shape index (κ1) is 19.5. The Kier molecular flexibility index (Phi) is 4.21. The van der Waals surface area contributed by atoms with Gasteiger partial charge in [0.2, 0.25) is 11.8 Å². The van der Waals surface area contributed by atoms with E-state index < -0.39 is 22.4 Å². The average molecular weight is 357 g/mol. The molecule has 1 aliphatic rings. The van der Waals surface area contributed by atoms with Crippen molar-refractivity contribution in [2.24, 2.45) is 0 Å². The zero-order valence-corrected chi connectivity index (χ0v) is 16.9. The molecule has 2 atom stereocenters. The van der Waals surface area contributed by atoms with Crippen LogP contribution in [-0.4, -0.2) is 68.4 Å². The fraction of sp³-hybridized carbons (Fsp3) is 0.286. The highest BCUT2D eigenvalue weighted by Crippen LogP contribution is 2.48. The molecule has 3 rings (SSSR count). The maximum atomic E-state index is 13.5. The number of nitrogens with one attached hydrogen (secondary N) is 1. The molecule has 0 spiro atoms. The van der Waals surface area contributed by atoms with E-state index in [9.17, 15) is 14.4 Å². The number of piperidine rings is 1. The minimum Gasteiger partial charge on any atom is -0.398 e. The van der Waals surface area contributed by atoms with Crippen LogP contribution in [0.2, 0.25) is 11.0 Å². The van der Waals surface area contributed by atoms with E-state index in [1.165, 1.54) is 4.57 Å². The monoisotopic (exact) mass is 358 g/mol. The third-order valence-electron chi connectivity index (χ3n) is 6.71. The normalized spacial score (nSPS) is 24.7. The number of anilines is 1. The molecule has 27 heavy (non-hydrogen) atoms. The third kappa shape index (κ3) is 2.36. The van der Waals surface area contributed by atoms with Gasteiger partial charge in [-0.1, -0.05) is 16.1 Å². The van der Waals surface area contributed by atoms with Crippen LogP contribution in [0.1, 0.15) is 5.82 Å². The topological polar surface area (TPSA) is 107 Å². The first-order valence-electron chi connectivity index (χ1n) is 9.00. The Morgan fingerprint density at radius 2 is 1.81 bits per heavy atom. The molecule has 132 valence electrons. The van der Waals surface area contributed by atoms with Gasteiger partial charge in [0, 0.05) is 11.5 Å². The highest BCUT2D eigenvalue weighted by atomic mass is 16.2. The summed E-state index contributed by atoms with van der Waals surface area (Å²) in [6, 6.07) is 1.75. The molecule has 1 aromatic heterocycles. The van der Waals surface area contributed by atoms with Gasteiger partial charge in [0.1, 0.15) is 52.9 Å². The summed E-state index contributed by atoms with van der Waals surface area (Å²) in [6.45, 7) is 1.70. The van der Waals surface area contributed by atoms with Crippen LogP contribution < -0.4 is 27.5 Å². The van der Waals surface area contributed by atoms with E-state index in [-0.39, 0.29) is 11.5 Å². The quantitative estimate of drug-likeness (QED) is 0.300. The van der Waals surface area contributed by atoms with E-state index in [1.54, 1.807) is 28.7 Å². The van der Waals surface area contributed by atoms with Crippen molar-refractivity contribution in [3.05, 3.63) is 22.2 Å². The van der Waals surface area contributed by atoms with E-state index in [0.29, 0.717) is 22.4 Å². The second-order valence-corrected chi connectivity index (χ2v) is 8.26. The summed E-state index contributed by atoms with van der Waals surface area (Å²) in [6.07, 6.45) is 0. The molecular formula is C14H20B6N4O3. The molecule has 3 N–H and O–H groups in total. The minimum atomic E-state index is -1.30. The highest BCUT2D eigenvalue weighted by molar-refractivity contribution is 6.56. The molecule has 0 aliphatic carbocycles. The molecule has 1 aromatic carbocycles. The van der Waals surface area contributed by atoms with E-state index in [0.717, 1.165) is 10.9 Å². The van der Waals surface area contributed by atoms with E-state index in [4.69, 9.17) is 5.73 Å². The van der Waals surface area contributed by atoms with Gasteiger partial charge in [-0.3, -0.25) is 24.3 Å². The fourth-order valence-corrected chi connectivity index (χ4v) is 4.06. The van der Waals surface area contributed by atoms with E-state index in [1.807, 2.05) is 31.4 Å². The molecule has 2 aromatic rings. The molecular weight excluding hydrogens is 337 g/mol.